The lowest BCUT2D eigenvalue weighted by Crippen LogP contribution is -1.99. The average molecular weight is 245 g/mol. The first-order valence-corrected chi connectivity index (χ1v) is 6.55. The molecular formula is C13H11NS2. The summed E-state index contributed by atoms with van der Waals surface area (Å²) in [5, 5.41) is 0. The van der Waals surface area contributed by atoms with Crippen LogP contribution < -0.4 is 4.72 Å². The zero-order valence-corrected chi connectivity index (χ0v) is 10.3. The summed E-state index contributed by atoms with van der Waals surface area (Å²) in [4.78, 5) is 0. The Kier molecular flexibility index (Phi) is 2.58. The molecule has 0 saturated heterocycles. The standard InChI is InChI=1S/C13H11NS2/c15-13-11-7-2-1-5-9(11)10-6-3-4-8-12(10)14-16-13/h2-4,6-8,14H,1,5H2. The van der Waals surface area contributed by atoms with Crippen LogP contribution in [-0.4, -0.2) is 4.20 Å². The number of para-hydroxylation sites is 1. The highest BCUT2D eigenvalue weighted by Crippen LogP contribution is 2.39. The van der Waals surface area contributed by atoms with Gasteiger partial charge in [0, 0.05) is 11.1 Å². The Morgan fingerprint density at radius 1 is 1.25 bits per heavy atom. The Balaban J connectivity index is 2.23. The number of allylic oxidation sites excluding steroid dienone is 3. The minimum absolute atomic E-state index is 0.946. The van der Waals surface area contributed by atoms with Gasteiger partial charge in [0.1, 0.15) is 0 Å². The third-order valence-electron chi connectivity index (χ3n) is 2.90. The minimum atomic E-state index is 0.946. The number of nitrogens with one attached hydrogen (secondary N) is 1. The fourth-order valence-corrected chi connectivity index (χ4v) is 3.12. The summed E-state index contributed by atoms with van der Waals surface area (Å²) < 4.78 is 4.28. The van der Waals surface area contributed by atoms with Crippen molar-refractivity contribution in [2.45, 2.75) is 12.8 Å². The average Bonchev–Trinajstić information content (AvgIpc) is 2.49. The van der Waals surface area contributed by atoms with Crippen LogP contribution in [0.15, 0.2) is 42.0 Å². The highest BCUT2D eigenvalue weighted by molar-refractivity contribution is 8.24. The SMILES string of the molecule is S=C1SNc2ccccc2C2=C1C=CCC2. The Morgan fingerprint density at radius 2 is 2.12 bits per heavy atom. The minimum Gasteiger partial charge on any atom is -0.324 e. The third kappa shape index (κ3) is 1.60. The molecule has 3 rings (SSSR count). The molecule has 1 heterocycles. The molecule has 0 bridgehead atoms. The van der Waals surface area contributed by atoms with E-state index in [0.29, 0.717) is 0 Å². The fourth-order valence-electron chi connectivity index (χ4n) is 2.13. The lowest BCUT2D eigenvalue weighted by molar-refractivity contribution is 1.05. The molecule has 1 N–H and O–H groups in total. The monoisotopic (exact) mass is 245 g/mol. The Hall–Kier alpha value is -1.06. The summed E-state index contributed by atoms with van der Waals surface area (Å²) in [6.07, 6.45) is 6.57. The van der Waals surface area contributed by atoms with Crippen LogP contribution in [0.25, 0.3) is 5.57 Å². The van der Waals surface area contributed by atoms with Crippen LogP contribution in [-0.2, 0) is 0 Å². The number of hydrogen-bond donors (Lipinski definition) is 1. The number of fused-ring (bicyclic) bond motifs is 2. The van der Waals surface area contributed by atoms with Crippen molar-refractivity contribution in [2.75, 3.05) is 4.72 Å². The quantitative estimate of drug-likeness (QED) is 0.543. The molecule has 80 valence electrons. The van der Waals surface area contributed by atoms with E-state index in [0.717, 1.165) is 17.0 Å². The van der Waals surface area contributed by atoms with Crippen LogP contribution in [0, 0.1) is 0 Å². The Bertz CT molecular complexity index is 514. The van der Waals surface area contributed by atoms with E-state index < -0.39 is 0 Å². The molecule has 2 aliphatic rings. The second-order valence-electron chi connectivity index (χ2n) is 3.87. The van der Waals surface area contributed by atoms with Crippen LogP contribution in [0.4, 0.5) is 5.69 Å². The molecule has 1 aliphatic heterocycles. The Morgan fingerprint density at radius 3 is 3.06 bits per heavy atom. The molecule has 1 nitrogen and oxygen atoms in total. The topological polar surface area (TPSA) is 12.0 Å². The van der Waals surface area contributed by atoms with E-state index in [1.807, 2.05) is 0 Å². The molecule has 0 aromatic heterocycles. The number of hydrogen-bond acceptors (Lipinski definition) is 3. The molecule has 0 fully saturated rings. The van der Waals surface area contributed by atoms with Gasteiger partial charge in [0.05, 0.1) is 9.88 Å². The van der Waals surface area contributed by atoms with Crippen LogP contribution in [0.3, 0.4) is 0 Å². The van der Waals surface area contributed by atoms with Crippen LogP contribution in [0.2, 0.25) is 0 Å². The number of anilines is 1. The Labute approximate surface area is 105 Å². The molecule has 1 aromatic carbocycles. The van der Waals surface area contributed by atoms with Crippen molar-refractivity contribution in [3.63, 3.8) is 0 Å². The van der Waals surface area contributed by atoms with Crippen LogP contribution >= 0.6 is 24.2 Å². The predicted molar refractivity (Wildman–Crippen MR) is 75.5 cm³/mol. The summed E-state index contributed by atoms with van der Waals surface area (Å²) in [6.45, 7) is 0. The van der Waals surface area contributed by atoms with E-state index in [1.54, 1.807) is 0 Å². The molecule has 0 radical (unpaired) electrons. The van der Waals surface area contributed by atoms with Gasteiger partial charge in [-0.15, -0.1) is 0 Å². The van der Waals surface area contributed by atoms with Crippen molar-refractivity contribution in [1.82, 2.24) is 0 Å². The van der Waals surface area contributed by atoms with Gasteiger partial charge in [0.15, 0.2) is 0 Å². The van der Waals surface area contributed by atoms with Gasteiger partial charge in [0.2, 0.25) is 0 Å². The largest absolute Gasteiger partial charge is 0.324 e. The first-order chi connectivity index (χ1) is 7.86. The molecule has 1 aromatic rings. The van der Waals surface area contributed by atoms with E-state index in [1.165, 1.54) is 34.3 Å². The van der Waals surface area contributed by atoms with Crippen molar-refractivity contribution >= 4 is 39.6 Å². The molecule has 0 amide bonds. The van der Waals surface area contributed by atoms with Gasteiger partial charge >= 0.3 is 0 Å². The molecule has 0 unspecified atom stereocenters. The molecule has 0 saturated carbocycles. The van der Waals surface area contributed by atoms with Crippen molar-refractivity contribution in [2.24, 2.45) is 0 Å². The molecule has 3 heteroatoms. The number of thiocarbonyl (C=S) groups is 1. The summed E-state index contributed by atoms with van der Waals surface area (Å²) in [5.74, 6) is 0. The summed E-state index contributed by atoms with van der Waals surface area (Å²) >= 11 is 6.97. The maximum absolute atomic E-state index is 5.43. The zero-order chi connectivity index (χ0) is 11.0. The lowest BCUT2D eigenvalue weighted by Gasteiger charge is -2.14. The first kappa shape index (κ1) is 10.1. The fraction of sp³-hybridized carbons (Fsp3) is 0.154. The van der Waals surface area contributed by atoms with Crippen LogP contribution in [0.5, 0.6) is 0 Å². The normalized spacial score (nSPS) is 18.6. The third-order valence-corrected chi connectivity index (χ3v) is 4.09. The van der Waals surface area contributed by atoms with Crippen molar-refractivity contribution in [1.29, 1.82) is 0 Å². The van der Waals surface area contributed by atoms with E-state index in [4.69, 9.17) is 12.2 Å². The summed E-state index contributed by atoms with van der Waals surface area (Å²) in [6, 6.07) is 8.42. The van der Waals surface area contributed by atoms with Crippen LogP contribution in [0.1, 0.15) is 18.4 Å². The van der Waals surface area contributed by atoms with Crippen molar-refractivity contribution in [3.8, 4) is 0 Å². The van der Waals surface area contributed by atoms with Gasteiger partial charge < -0.3 is 4.72 Å². The van der Waals surface area contributed by atoms with Gasteiger partial charge in [-0.05, 0) is 36.4 Å². The maximum Gasteiger partial charge on any atom is 0.0989 e. The van der Waals surface area contributed by atoms with Gasteiger partial charge in [-0.25, -0.2) is 0 Å². The highest BCUT2D eigenvalue weighted by atomic mass is 32.2. The maximum atomic E-state index is 5.43. The molecule has 1 aliphatic carbocycles. The van der Waals surface area contributed by atoms with Crippen molar-refractivity contribution < 1.29 is 0 Å². The molecular weight excluding hydrogens is 234 g/mol. The summed E-state index contributed by atoms with van der Waals surface area (Å²) in [5.41, 5.74) is 5.09. The van der Waals surface area contributed by atoms with E-state index in [-0.39, 0.29) is 0 Å². The first-order valence-electron chi connectivity index (χ1n) is 5.32. The number of benzene rings is 1. The summed E-state index contributed by atoms with van der Waals surface area (Å²) in [7, 11) is 0. The van der Waals surface area contributed by atoms with Gasteiger partial charge in [-0.3, -0.25) is 0 Å². The predicted octanol–water partition coefficient (Wildman–Crippen LogP) is 4.19. The highest BCUT2D eigenvalue weighted by Gasteiger charge is 2.20. The lowest BCUT2D eigenvalue weighted by atomic mass is 9.91. The van der Waals surface area contributed by atoms with E-state index in [2.05, 4.69) is 41.1 Å². The second kappa shape index (κ2) is 4.07. The van der Waals surface area contributed by atoms with Gasteiger partial charge in [-0.1, -0.05) is 42.6 Å². The zero-order valence-electron chi connectivity index (χ0n) is 8.69. The molecule has 16 heavy (non-hydrogen) atoms. The molecule has 0 spiro atoms. The smallest absolute Gasteiger partial charge is 0.0989 e. The van der Waals surface area contributed by atoms with Gasteiger partial charge in [0.25, 0.3) is 0 Å². The van der Waals surface area contributed by atoms with E-state index in [9.17, 15) is 0 Å². The number of rotatable bonds is 0. The molecule has 0 atom stereocenters. The van der Waals surface area contributed by atoms with Crippen molar-refractivity contribution in [3.05, 3.63) is 47.6 Å². The second-order valence-corrected chi connectivity index (χ2v) is 5.35. The van der Waals surface area contributed by atoms with E-state index >= 15 is 0 Å². The van der Waals surface area contributed by atoms with Gasteiger partial charge in [-0.2, -0.15) is 0 Å².